The highest BCUT2D eigenvalue weighted by atomic mass is 14.2. The van der Waals surface area contributed by atoms with Gasteiger partial charge in [0.1, 0.15) is 0 Å². The molecule has 0 aliphatic heterocycles. The number of benzene rings is 11. The number of hydrogen-bond donors (Lipinski definition) is 0. The van der Waals surface area contributed by atoms with Crippen molar-refractivity contribution >= 4 is 32.3 Å². The lowest BCUT2D eigenvalue weighted by molar-refractivity contribution is 1.57. The predicted molar refractivity (Wildman–Crippen MR) is 257 cm³/mol. The van der Waals surface area contributed by atoms with Crippen molar-refractivity contribution in [3.8, 4) is 77.9 Å². The van der Waals surface area contributed by atoms with E-state index in [-0.39, 0.29) is 0 Å². The molecule has 60 heavy (non-hydrogen) atoms. The quantitative estimate of drug-likeness (QED) is 0.142. The van der Waals surface area contributed by atoms with Gasteiger partial charge in [0.05, 0.1) is 0 Å². The van der Waals surface area contributed by atoms with E-state index in [0.717, 1.165) is 0 Å². The molecule has 11 aromatic rings. The van der Waals surface area contributed by atoms with Crippen molar-refractivity contribution in [2.24, 2.45) is 0 Å². The first-order valence-corrected chi connectivity index (χ1v) is 20.8. The Kier molecular flexibility index (Phi) is 8.95. The maximum atomic E-state index is 2.45. The highest BCUT2D eigenvalue weighted by molar-refractivity contribution is 6.22. The monoisotopic (exact) mass is 760 g/mol. The van der Waals surface area contributed by atoms with Crippen molar-refractivity contribution in [3.05, 3.63) is 243 Å². The van der Waals surface area contributed by atoms with Gasteiger partial charge in [-0.2, -0.15) is 0 Å². The molecule has 0 aliphatic rings. The molecular weight excluding hydrogens is 721 g/mol. The molecule has 0 nitrogen and oxygen atoms in total. The molecule has 0 N–H and O–H groups in total. The zero-order valence-electron chi connectivity index (χ0n) is 33.1. The van der Waals surface area contributed by atoms with E-state index in [1.165, 1.54) is 110 Å². The summed E-state index contributed by atoms with van der Waals surface area (Å²) in [5.74, 6) is 0. The molecule has 0 amide bonds. The molecule has 0 atom stereocenters. The fraction of sp³-hybridized carbons (Fsp3) is 0. The standard InChI is InChI=1S/C60H40/c1-4-17-41(18-5-1)42-31-33-44(34-32-42)51-37-38-52(47-24-16-23-46(39-47)50-26-11-10-25-49(50)43-19-6-2-7-20-43)58-40-48(35-36-53(51)58)60-56-29-14-12-27-54(56)59(45-21-8-3-9-22-45)55-28-13-15-30-57(55)60/h1-40H. The zero-order chi connectivity index (χ0) is 39.8. The third kappa shape index (κ3) is 6.27. The lowest BCUT2D eigenvalue weighted by atomic mass is 9.84. The third-order valence-electron chi connectivity index (χ3n) is 12.1. The van der Waals surface area contributed by atoms with Crippen LogP contribution in [-0.2, 0) is 0 Å². The van der Waals surface area contributed by atoms with Crippen LogP contribution in [0.25, 0.3) is 110 Å². The Hall–Kier alpha value is -7.80. The summed E-state index contributed by atoms with van der Waals surface area (Å²) >= 11 is 0. The molecule has 0 fully saturated rings. The Morgan fingerprint density at radius 3 is 1.10 bits per heavy atom. The van der Waals surface area contributed by atoms with E-state index in [4.69, 9.17) is 0 Å². The van der Waals surface area contributed by atoms with Crippen LogP contribution in [0, 0.1) is 0 Å². The lowest BCUT2D eigenvalue weighted by Gasteiger charge is -2.19. The Morgan fingerprint density at radius 1 is 0.150 bits per heavy atom. The molecule has 0 bridgehead atoms. The van der Waals surface area contributed by atoms with Crippen LogP contribution in [0.2, 0.25) is 0 Å². The van der Waals surface area contributed by atoms with Crippen LogP contribution in [0.4, 0.5) is 0 Å². The van der Waals surface area contributed by atoms with Gasteiger partial charge in [0.2, 0.25) is 0 Å². The Balaban J connectivity index is 1.14. The zero-order valence-corrected chi connectivity index (χ0v) is 33.1. The van der Waals surface area contributed by atoms with Gasteiger partial charge in [-0.15, -0.1) is 0 Å². The fourth-order valence-electron chi connectivity index (χ4n) is 9.29. The van der Waals surface area contributed by atoms with Crippen molar-refractivity contribution in [3.63, 3.8) is 0 Å². The summed E-state index contributed by atoms with van der Waals surface area (Å²) in [5, 5.41) is 7.48. The molecule has 0 spiro atoms. The van der Waals surface area contributed by atoms with Crippen LogP contribution < -0.4 is 0 Å². The first-order valence-electron chi connectivity index (χ1n) is 20.8. The molecule has 11 aromatic carbocycles. The summed E-state index contributed by atoms with van der Waals surface area (Å²) < 4.78 is 0. The van der Waals surface area contributed by atoms with E-state index in [2.05, 4.69) is 243 Å². The Labute approximate surface area is 351 Å². The SMILES string of the molecule is c1ccc(-c2ccc(-c3ccc(-c4cccc(-c5ccccc5-c5ccccc5)c4)c4cc(-c5c6ccccc6c(-c6ccccc6)c6ccccc56)ccc34)cc2)cc1. The van der Waals surface area contributed by atoms with E-state index in [1.54, 1.807) is 0 Å². The highest BCUT2D eigenvalue weighted by Gasteiger charge is 2.19. The molecule has 0 saturated carbocycles. The maximum absolute atomic E-state index is 2.45. The van der Waals surface area contributed by atoms with Gasteiger partial charge >= 0.3 is 0 Å². The second-order valence-electron chi connectivity index (χ2n) is 15.6. The summed E-state index contributed by atoms with van der Waals surface area (Å²) in [6.45, 7) is 0. The molecule has 0 aliphatic carbocycles. The molecule has 0 unspecified atom stereocenters. The second-order valence-corrected chi connectivity index (χ2v) is 15.6. The van der Waals surface area contributed by atoms with Crippen LogP contribution in [0.5, 0.6) is 0 Å². The minimum Gasteiger partial charge on any atom is -0.0622 e. The van der Waals surface area contributed by atoms with Gasteiger partial charge in [-0.25, -0.2) is 0 Å². The summed E-state index contributed by atoms with van der Waals surface area (Å²) in [6, 6.07) is 88.7. The van der Waals surface area contributed by atoms with Crippen LogP contribution in [0.15, 0.2) is 243 Å². The summed E-state index contributed by atoms with van der Waals surface area (Å²) in [6.07, 6.45) is 0. The first kappa shape index (κ1) is 35.4. The van der Waals surface area contributed by atoms with Gasteiger partial charge in [0.25, 0.3) is 0 Å². The first-order chi connectivity index (χ1) is 29.8. The minimum atomic E-state index is 1.19. The second kappa shape index (κ2) is 15.2. The molecule has 11 rings (SSSR count). The average Bonchev–Trinajstić information content (AvgIpc) is 3.33. The van der Waals surface area contributed by atoms with Crippen LogP contribution >= 0.6 is 0 Å². The van der Waals surface area contributed by atoms with Gasteiger partial charge in [-0.3, -0.25) is 0 Å². The van der Waals surface area contributed by atoms with Crippen molar-refractivity contribution in [2.75, 3.05) is 0 Å². The van der Waals surface area contributed by atoms with Crippen LogP contribution in [0.1, 0.15) is 0 Å². The van der Waals surface area contributed by atoms with Gasteiger partial charge < -0.3 is 0 Å². The smallest absolute Gasteiger partial charge is 0.00261 e. The fourth-order valence-corrected chi connectivity index (χ4v) is 9.29. The topological polar surface area (TPSA) is 0 Å². The normalized spacial score (nSPS) is 11.3. The van der Waals surface area contributed by atoms with Gasteiger partial charge in [-0.1, -0.05) is 231 Å². The summed E-state index contributed by atoms with van der Waals surface area (Å²) in [5.41, 5.74) is 17.1. The van der Waals surface area contributed by atoms with Crippen molar-refractivity contribution < 1.29 is 0 Å². The lowest BCUT2D eigenvalue weighted by Crippen LogP contribution is -1.92. The third-order valence-corrected chi connectivity index (χ3v) is 12.1. The van der Waals surface area contributed by atoms with Crippen molar-refractivity contribution in [1.82, 2.24) is 0 Å². The van der Waals surface area contributed by atoms with Crippen molar-refractivity contribution in [1.29, 1.82) is 0 Å². The van der Waals surface area contributed by atoms with E-state index < -0.39 is 0 Å². The van der Waals surface area contributed by atoms with Gasteiger partial charge in [0.15, 0.2) is 0 Å². The largest absolute Gasteiger partial charge is 0.0622 e. The molecule has 0 heteroatoms. The molecule has 0 aromatic heterocycles. The molecule has 0 saturated heterocycles. The van der Waals surface area contributed by atoms with E-state index >= 15 is 0 Å². The molecule has 0 radical (unpaired) electrons. The minimum absolute atomic E-state index is 1.19. The van der Waals surface area contributed by atoms with Crippen LogP contribution in [-0.4, -0.2) is 0 Å². The van der Waals surface area contributed by atoms with Gasteiger partial charge in [0, 0.05) is 0 Å². The molecular formula is C60H40. The Morgan fingerprint density at radius 2 is 0.517 bits per heavy atom. The number of rotatable bonds is 7. The van der Waals surface area contributed by atoms with E-state index in [0.29, 0.717) is 0 Å². The summed E-state index contributed by atoms with van der Waals surface area (Å²) in [7, 11) is 0. The Bertz CT molecular complexity index is 3270. The van der Waals surface area contributed by atoms with Gasteiger partial charge in [-0.05, 0) is 122 Å². The predicted octanol–water partition coefficient (Wildman–Crippen LogP) is 16.8. The maximum Gasteiger partial charge on any atom is -0.00261 e. The van der Waals surface area contributed by atoms with Crippen LogP contribution in [0.3, 0.4) is 0 Å². The van der Waals surface area contributed by atoms with E-state index in [1.807, 2.05) is 0 Å². The number of hydrogen-bond acceptors (Lipinski definition) is 0. The molecule has 0 heterocycles. The van der Waals surface area contributed by atoms with Crippen molar-refractivity contribution in [2.45, 2.75) is 0 Å². The summed E-state index contributed by atoms with van der Waals surface area (Å²) in [4.78, 5) is 0. The van der Waals surface area contributed by atoms with E-state index in [9.17, 15) is 0 Å². The average molecular weight is 761 g/mol. The molecule has 280 valence electrons. The highest BCUT2D eigenvalue weighted by Crippen LogP contribution is 2.46. The number of fused-ring (bicyclic) bond motifs is 3.